The van der Waals surface area contributed by atoms with E-state index in [0.29, 0.717) is 19.6 Å². The van der Waals surface area contributed by atoms with Crippen molar-refractivity contribution in [3.63, 3.8) is 0 Å². The molecular formula is C16H28IN5O2. The molecule has 1 aliphatic rings. The molecule has 1 fully saturated rings. The number of carbonyl (C=O) groups excluding carboxylic acids is 1. The van der Waals surface area contributed by atoms with Crippen molar-refractivity contribution in [2.45, 2.75) is 40.0 Å². The number of hydrogen-bond donors (Lipinski definition) is 3. The molecule has 1 aromatic heterocycles. The van der Waals surface area contributed by atoms with E-state index < -0.39 is 0 Å². The Balaban J connectivity index is 0.00000288. The molecule has 0 unspecified atom stereocenters. The van der Waals surface area contributed by atoms with Crippen LogP contribution in [-0.4, -0.2) is 43.2 Å². The monoisotopic (exact) mass is 449 g/mol. The molecule has 3 N–H and O–H groups in total. The molecule has 7 nitrogen and oxygen atoms in total. The minimum atomic E-state index is 0. The van der Waals surface area contributed by atoms with Crippen molar-refractivity contribution >= 4 is 35.8 Å². The van der Waals surface area contributed by atoms with Gasteiger partial charge >= 0.3 is 0 Å². The first-order valence-corrected chi connectivity index (χ1v) is 8.33. The van der Waals surface area contributed by atoms with Crippen LogP contribution in [0.1, 0.15) is 36.8 Å². The molecule has 1 aliphatic carbocycles. The van der Waals surface area contributed by atoms with E-state index in [4.69, 9.17) is 4.52 Å². The van der Waals surface area contributed by atoms with Gasteiger partial charge in [-0.1, -0.05) is 5.16 Å². The summed E-state index contributed by atoms with van der Waals surface area (Å²) in [4.78, 5) is 16.1. The number of aryl methyl sites for hydroxylation is 2. The van der Waals surface area contributed by atoms with Gasteiger partial charge in [0.1, 0.15) is 5.76 Å². The Morgan fingerprint density at radius 2 is 1.96 bits per heavy atom. The van der Waals surface area contributed by atoms with Crippen LogP contribution < -0.4 is 16.0 Å². The van der Waals surface area contributed by atoms with Gasteiger partial charge in [0, 0.05) is 37.7 Å². The first-order chi connectivity index (χ1) is 11.1. The number of nitrogens with zero attached hydrogens (tertiary/aromatic N) is 2. The Kier molecular flexibility index (Phi) is 9.09. The molecule has 1 amide bonds. The van der Waals surface area contributed by atoms with Crippen LogP contribution in [0, 0.1) is 19.8 Å². The van der Waals surface area contributed by atoms with Crippen molar-refractivity contribution < 1.29 is 9.32 Å². The van der Waals surface area contributed by atoms with E-state index >= 15 is 0 Å². The second-order valence-corrected chi connectivity index (χ2v) is 5.81. The maximum Gasteiger partial charge on any atom is 0.223 e. The van der Waals surface area contributed by atoms with Gasteiger partial charge in [0.15, 0.2) is 5.96 Å². The fourth-order valence-electron chi connectivity index (χ4n) is 2.34. The summed E-state index contributed by atoms with van der Waals surface area (Å²) < 4.78 is 5.16. The van der Waals surface area contributed by atoms with Gasteiger partial charge in [0.2, 0.25) is 5.91 Å². The minimum absolute atomic E-state index is 0. The highest BCUT2D eigenvalue weighted by Gasteiger charge is 2.28. The normalized spacial score (nSPS) is 14.0. The van der Waals surface area contributed by atoms with Crippen LogP contribution in [0.2, 0.25) is 0 Å². The molecule has 0 aromatic carbocycles. The number of nitrogens with one attached hydrogen (secondary N) is 3. The molecule has 8 heteroatoms. The summed E-state index contributed by atoms with van der Waals surface area (Å²) >= 11 is 0. The van der Waals surface area contributed by atoms with Crippen molar-refractivity contribution in [3.05, 3.63) is 17.0 Å². The van der Waals surface area contributed by atoms with Gasteiger partial charge < -0.3 is 20.5 Å². The molecule has 1 heterocycles. The Morgan fingerprint density at radius 3 is 2.54 bits per heavy atom. The zero-order chi connectivity index (χ0) is 16.7. The maximum absolute atomic E-state index is 11.5. The lowest BCUT2D eigenvalue weighted by Gasteiger charge is -2.11. The lowest BCUT2D eigenvalue weighted by Crippen LogP contribution is -2.41. The van der Waals surface area contributed by atoms with Crippen LogP contribution in [0.15, 0.2) is 9.52 Å². The molecule has 0 aliphatic heterocycles. The molecule has 136 valence electrons. The van der Waals surface area contributed by atoms with Gasteiger partial charge in [0.05, 0.1) is 5.69 Å². The third kappa shape index (κ3) is 6.66. The average molecular weight is 449 g/mol. The third-order valence-electron chi connectivity index (χ3n) is 3.82. The standard InChI is InChI=1S/C16H27N5O2.HI/c1-4-17-16(20-10-9-18-15(22)13-5-6-13)19-8-7-14-11(2)21-23-12(14)3;/h13H,4-10H2,1-3H3,(H,18,22)(H2,17,19,20);1H. The Labute approximate surface area is 160 Å². The SMILES string of the molecule is CCNC(=NCCc1c(C)noc1C)NCCNC(=O)C1CC1.I. The zero-order valence-electron chi connectivity index (χ0n) is 14.6. The minimum Gasteiger partial charge on any atom is -0.361 e. The van der Waals surface area contributed by atoms with Crippen molar-refractivity contribution in [3.8, 4) is 0 Å². The van der Waals surface area contributed by atoms with Gasteiger partial charge in [-0.2, -0.15) is 0 Å². The highest BCUT2D eigenvalue weighted by Crippen LogP contribution is 2.28. The third-order valence-corrected chi connectivity index (χ3v) is 3.82. The number of rotatable bonds is 8. The largest absolute Gasteiger partial charge is 0.361 e. The lowest BCUT2D eigenvalue weighted by molar-refractivity contribution is -0.122. The molecule has 0 atom stereocenters. The number of amides is 1. The lowest BCUT2D eigenvalue weighted by atomic mass is 10.1. The average Bonchev–Trinajstić information content (AvgIpc) is 3.33. The van der Waals surface area contributed by atoms with E-state index in [-0.39, 0.29) is 35.8 Å². The Morgan fingerprint density at radius 1 is 1.25 bits per heavy atom. The number of halogens is 1. The quantitative estimate of drug-likeness (QED) is 0.242. The Bertz CT molecular complexity index is 535. The van der Waals surface area contributed by atoms with Crippen molar-refractivity contribution in [1.29, 1.82) is 0 Å². The first kappa shape index (κ1) is 20.7. The first-order valence-electron chi connectivity index (χ1n) is 8.33. The fourth-order valence-corrected chi connectivity index (χ4v) is 2.34. The van der Waals surface area contributed by atoms with E-state index in [1.807, 2.05) is 20.8 Å². The van der Waals surface area contributed by atoms with Crippen molar-refractivity contribution in [2.24, 2.45) is 10.9 Å². The highest BCUT2D eigenvalue weighted by molar-refractivity contribution is 14.0. The van der Waals surface area contributed by atoms with E-state index in [0.717, 1.165) is 48.8 Å². The number of aromatic nitrogens is 1. The van der Waals surface area contributed by atoms with Crippen LogP contribution >= 0.6 is 24.0 Å². The zero-order valence-corrected chi connectivity index (χ0v) is 17.0. The van der Waals surface area contributed by atoms with Crippen LogP contribution in [-0.2, 0) is 11.2 Å². The van der Waals surface area contributed by atoms with Crippen LogP contribution in [0.25, 0.3) is 0 Å². The van der Waals surface area contributed by atoms with Crippen LogP contribution in [0.3, 0.4) is 0 Å². The summed E-state index contributed by atoms with van der Waals surface area (Å²) in [5.41, 5.74) is 2.06. The summed E-state index contributed by atoms with van der Waals surface area (Å²) in [6.45, 7) is 8.63. The molecule has 0 radical (unpaired) electrons. The summed E-state index contributed by atoms with van der Waals surface area (Å²) in [5.74, 6) is 2.05. The van der Waals surface area contributed by atoms with E-state index in [9.17, 15) is 4.79 Å². The van der Waals surface area contributed by atoms with Gasteiger partial charge in [-0.25, -0.2) is 0 Å². The van der Waals surface area contributed by atoms with E-state index in [1.165, 1.54) is 0 Å². The van der Waals surface area contributed by atoms with Gasteiger partial charge in [-0.15, -0.1) is 24.0 Å². The highest BCUT2D eigenvalue weighted by atomic mass is 127. The van der Waals surface area contributed by atoms with Gasteiger partial charge in [-0.05, 0) is 40.0 Å². The van der Waals surface area contributed by atoms with Crippen molar-refractivity contribution in [2.75, 3.05) is 26.2 Å². The summed E-state index contributed by atoms with van der Waals surface area (Å²) in [6, 6.07) is 0. The molecular weight excluding hydrogens is 421 g/mol. The van der Waals surface area contributed by atoms with E-state index in [2.05, 4.69) is 26.1 Å². The molecule has 0 bridgehead atoms. The molecule has 1 saturated carbocycles. The number of hydrogen-bond acceptors (Lipinski definition) is 4. The summed E-state index contributed by atoms with van der Waals surface area (Å²) in [7, 11) is 0. The summed E-state index contributed by atoms with van der Waals surface area (Å²) in [6.07, 6.45) is 2.87. The molecule has 2 rings (SSSR count). The second kappa shape index (κ2) is 10.5. The number of carbonyl (C=O) groups is 1. The molecule has 0 spiro atoms. The van der Waals surface area contributed by atoms with Crippen molar-refractivity contribution in [1.82, 2.24) is 21.1 Å². The smallest absolute Gasteiger partial charge is 0.223 e. The van der Waals surface area contributed by atoms with E-state index in [1.54, 1.807) is 0 Å². The topological polar surface area (TPSA) is 91.6 Å². The van der Waals surface area contributed by atoms with Gasteiger partial charge in [0.25, 0.3) is 0 Å². The second-order valence-electron chi connectivity index (χ2n) is 5.81. The number of guanidine groups is 1. The fraction of sp³-hybridized carbons (Fsp3) is 0.688. The molecule has 1 aromatic rings. The molecule has 0 saturated heterocycles. The summed E-state index contributed by atoms with van der Waals surface area (Å²) in [5, 5.41) is 13.3. The predicted octanol–water partition coefficient (Wildman–Crippen LogP) is 1.53. The van der Waals surface area contributed by atoms with Gasteiger partial charge in [-0.3, -0.25) is 9.79 Å². The number of aliphatic imine (C=N–C) groups is 1. The predicted molar refractivity (Wildman–Crippen MR) is 105 cm³/mol. The molecule has 24 heavy (non-hydrogen) atoms. The van der Waals surface area contributed by atoms with Crippen LogP contribution in [0.5, 0.6) is 0 Å². The Hall–Kier alpha value is -1.32. The maximum atomic E-state index is 11.5. The van der Waals surface area contributed by atoms with Crippen LogP contribution in [0.4, 0.5) is 0 Å².